The third-order valence-corrected chi connectivity index (χ3v) is 6.08. The van der Waals surface area contributed by atoms with Gasteiger partial charge in [-0.3, -0.25) is 9.45 Å². The normalized spacial score (nSPS) is 13.0. The van der Waals surface area contributed by atoms with Gasteiger partial charge in [0, 0.05) is 6.54 Å². The van der Waals surface area contributed by atoms with E-state index in [1.165, 1.54) is 51.4 Å². The van der Waals surface area contributed by atoms with Crippen molar-refractivity contribution in [3.63, 3.8) is 0 Å². The van der Waals surface area contributed by atoms with Gasteiger partial charge in [0.05, 0.1) is 11.8 Å². The van der Waals surface area contributed by atoms with Crippen LogP contribution in [0.1, 0.15) is 89.7 Å². The van der Waals surface area contributed by atoms with Crippen molar-refractivity contribution in [1.29, 1.82) is 0 Å². The molecule has 29 heavy (non-hydrogen) atoms. The van der Waals surface area contributed by atoms with Gasteiger partial charge in [-0.1, -0.05) is 107 Å². The maximum absolute atomic E-state index is 11.3. The zero-order valence-electron chi connectivity index (χ0n) is 18.5. The average Bonchev–Trinajstić information content (AvgIpc) is 2.67. The van der Waals surface area contributed by atoms with Gasteiger partial charge in [-0.05, 0) is 25.5 Å². The van der Waals surface area contributed by atoms with Crippen LogP contribution in [0.4, 0.5) is 0 Å². The second-order valence-corrected chi connectivity index (χ2v) is 9.74. The van der Waals surface area contributed by atoms with Crippen LogP contribution in [0.25, 0.3) is 0 Å². The summed E-state index contributed by atoms with van der Waals surface area (Å²) in [5.41, 5.74) is 2.10. The molecule has 0 amide bonds. The largest absolute Gasteiger partial charge is 0.292 e. The molecular formula is C24H41NO3S. The lowest BCUT2D eigenvalue weighted by Crippen LogP contribution is -2.34. The summed E-state index contributed by atoms with van der Waals surface area (Å²) in [6, 6.07) is 10.0. The molecule has 0 saturated carbocycles. The van der Waals surface area contributed by atoms with Crippen LogP contribution < -0.4 is 0 Å². The molecule has 166 valence electrons. The van der Waals surface area contributed by atoms with Gasteiger partial charge >= 0.3 is 0 Å². The van der Waals surface area contributed by atoms with Crippen molar-refractivity contribution >= 4 is 10.1 Å². The molecule has 0 aromatic heterocycles. The minimum Gasteiger partial charge on any atom is -0.292 e. The van der Waals surface area contributed by atoms with Crippen molar-refractivity contribution in [2.45, 2.75) is 84.1 Å². The molecule has 0 aliphatic heterocycles. The number of rotatable bonds is 17. The van der Waals surface area contributed by atoms with Crippen LogP contribution in [-0.2, 0) is 10.1 Å². The van der Waals surface area contributed by atoms with Gasteiger partial charge in [0.25, 0.3) is 10.1 Å². The molecule has 0 spiro atoms. The summed E-state index contributed by atoms with van der Waals surface area (Å²) in [5, 5.41) is 0. The molecule has 4 nitrogen and oxygen atoms in total. The number of unbranched alkanes of at least 4 members (excludes halogenated alkanes) is 9. The Morgan fingerprint density at radius 3 is 1.93 bits per heavy atom. The van der Waals surface area contributed by atoms with Gasteiger partial charge in [0.15, 0.2) is 0 Å². The van der Waals surface area contributed by atoms with E-state index in [0.717, 1.165) is 30.5 Å². The van der Waals surface area contributed by atoms with Gasteiger partial charge in [0.2, 0.25) is 0 Å². The molecule has 0 bridgehead atoms. The van der Waals surface area contributed by atoms with Crippen molar-refractivity contribution in [2.75, 3.05) is 18.8 Å². The predicted octanol–water partition coefficient (Wildman–Crippen LogP) is 6.41. The van der Waals surface area contributed by atoms with Gasteiger partial charge in [-0.15, -0.1) is 0 Å². The van der Waals surface area contributed by atoms with E-state index in [2.05, 4.69) is 30.5 Å². The number of hydrogen-bond donors (Lipinski definition) is 1. The summed E-state index contributed by atoms with van der Waals surface area (Å²) in [5.74, 6) is -0.249. The summed E-state index contributed by atoms with van der Waals surface area (Å²) < 4.78 is 31.9. The minimum atomic E-state index is -3.98. The van der Waals surface area contributed by atoms with Gasteiger partial charge in [-0.2, -0.15) is 8.42 Å². The Hall–Kier alpha value is -1.17. The lowest BCUT2D eigenvalue weighted by molar-refractivity contribution is 0.228. The summed E-state index contributed by atoms with van der Waals surface area (Å²) in [4.78, 5) is 2.15. The van der Waals surface area contributed by atoms with Crippen LogP contribution in [-0.4, -0.2) is 36.7 Å². The molecule has 0 aliphatic carbocycles. The third-order valence-electron chi connectivity index (χ3n) is 5.38. The molecule has 1 N–H and O–H groups in total. The van der Waals surface area contributed by atoms with E-state index in [-0.39, 0.29) is 11.8 Å². The Morgan fingerprint density at radius 2 is 1.45 bits per heavy atom. The predicted molar refractivity (Wildman–Crippen MR) is 124 cm³/mol. The van der Waals surface area contributed by atoms with E-state index in [9.17, 15) is 13.0 Å². The smallest absolute Gasteiger partial charge is 0.266 e. The van der Waals surface area contributed by atoms with Gasteiger partial charge in [0.1, 0.15) is 0 Å². The first-order valence-electron chi connectivity index (χ1n) is 11.2. The van der Waals surface area contributed by atoms with Crippen LogP contribution in [0.15, 0.2) is 42.5 Å². The molecule has 0 radical (unpaired) electrons. The van der Waals surface area contributed by atoms with E-state index in [1.54, 1.807) is 0 Å². The topological polar surface area (TPSA) is 57.6 Å². The van der Waals surface area contributed by atoms with Gasteiger partial charge < -0.3 is 0 Å². The molecule has 1 aromatic carbocycles. The van der Waals surface area contributed by atoms with Crippen molar-refractivity contribution < 1.29 is 13.0 Å². The standard InChI is InChI=1S/C24H41NO3S/c1-4-5-6-7-8-9-10-11-12-16-19-25(20-21-29(26,27)28)24(22(2)3)23-17-14-13-15-18-23/h13-15,17-18,24H,2,4-12,16,19-21H2,1,3H3,(H,26,27,28). The molecule has 0 saturated heterocycles. The quantitative estimate of drug-likeness (QED) is 0.179. The molecule has 1 aromatic rings. The summed E-state index contributed by atoms with van der Waals surface area (Å²) in [6.45, 7) is 9.48. The second-order valence-electron chi connectivity index (χ2n) is 8.16. The monoisotopic (exact) mass is 423 g/mol. The summed E-state index contributed by atoms with van der Waals surface area (Å²) in [6.07, 6.45) is 12.7. The lowest BCUT2D eigenvalue weighted by Gasteiger charge is -2.32. The van der Waals surface area contributed by atoms with Crippen molar-refractivity contribution in [1.82, 2.24) is 4.90 Å². The molecule has 1 atom stereocenters. The van der Waals surface area contributed by atoms with E-state index in [1.807, 2.05) is 25.1 Å². The first kappa shape index (κ1) is 25.9. The van der Waals surface area contributed by atoms with Crippen molar-refractivity contribution in [2.24, 2.45) is 0 Å². The highest BCUT2D eigenvalue weighted by Crippen LogP contribution is 2.27. The molecular weight excluding hydrogens is 382 g/mol. The maximum atomic E-state index is 11.3. The number of benzene rings is 1. The number of hydrogen-bond acceptors (Lipinski definition) is 3. The Morgan fingerprint density at radius 1 is 0.931 bits per heavy atom. The average molecular weight is 424 g/mol. The Bertz CT molecular complexity index is 658. The summed E-state index contributed by atoms with van der Waals surface area (Å²) in [7, 11) is -3.98. The second kappa shape index (κ2) is 14.8. The van der Waals surface area contributed by atoms with E-state index in [4.69, 9.17) is 0 Å². The van der Waals surface area contributed by atoms with Crippen molar-refractivity contribution in [3.05, 3.63) is 48.0 Å². The van der Waals surface area contributed by atoms with Crippen LogP contribution in [0.5, 0.6) is 0 Å². The highest BCUT2D eigenvalue weighted by Gasteiger charge is 2.22. The van der Waals surface area contributed by atoms with E-state index >= 15 is 0 Å². The van der Waals surface area contributed by atoms with Crippen LogP contribution >= 0.6 is 0 Å². The molecule has 5 heteroatoms. The summed E-state index contributed by atoms with van der Waals surface area (Å²) >= 11 is 0. The molecule has 1 rings (SSSR count). The van der Waals surface area contributed by atoms with Crippen LogP contribution in [0, 0.1) is 0 Å². The molecule has 0 fully saturated rings. The Kier molecular flexibility index (Phi) is 13.2. The highest BCUT2D eigenvalue weighted by molar-refractivity contribution is 7.85. The van der Waals surface area contributed by atoms with Gasteiger partial charge in [-0.25, -0.2) is 0 Å². The third kappa shape index (κ3) is 12.2. The lowest BCUT2D eigenvalue weighted by atomic mass is 9.98. The fraction of sp³-hybridized carbons (Fsp3) is 0.667. The first-order valence-corrected chi connectivity index (χ1v) is 12.9. The molecule has 1 unspecified atom stereocenters. The van der Waals surface area contributed by atoms with Crippen LogP contribution in [0.3, 0.4) is 0 Å². The molecule has 0 heterocycles. The number of nitrogens with zero attached hydrogens (tertiary/aromatic N) is 1. The SMILES string of the molecule is C=C(C)C(c1ccccc1)N(CCCCCCCCCCCC)CCS(=O)(=O)O. The van der Waals surface area contributed by atoms with E-state index in [0.29, 0.717) is 6.54 Å². The first-order chi connectivity index (χ1) is 13.8. The minimum absolute atomic E-state index is 0.0310. The fourth-order valence-corrected chi connectivity index (χ4v) is 4.31. The maximum Gasteiger partial charge on any atom is 0.266 e. The fourth-order valence-electron chi connectivity index (χ4n) is 3.85. The zero-order chi connectivity index (χ0) is 21.5. The Labute approximate surface area is 179 Å². The van der Waals surface area contributed by atoms with Crippen molar-refractivity contribution in [3.8, 4) is 0 Å². The Balaban J connectivity index is 2.52. The van der Waals surface area contributed by atoms with Crippen LogP contribution in [0.2, 0.25) is 0 Å². The zero-order valence-corrected chi connectivity index (χ0v) is 19.3. The highest BCUT2D eigenvalue weighted by atomic mass is 32.2. The van der Waals surface area contributed by atoms with E-state index < -0.39 is 10.1 Å². The molecule has 0 aliphatic rings.